The highest BCUT2D eigenvalue weighted by molar-refractivity contribution is 14.1. The van der Waals surface area contributed by atoms with Crippen molar-refractivity contribution in [3.8, 4) is 0 Å². The van der Waals surface area contributed by atoms with E-state index >= 15 is 0 Å². The SMILES string of the molecule is Ic1cccc(CNc2ncnc3nc[nH]c23)c1. The van der Waals surface area contributed by atoms with E-state index < -0.39 is 0 Å². The summed E-state index contributed by atoms with van der Waals surface area (Å²) in [6.45, 7) is 0.724. The van der Waals surface area contributed by atoms with Crippen molar-refractivity contribution in [1.29, 1.82) is 0 Å². The van der Waals surface area contributed by atoms with Gasteiger partial charge in [-0.25, -0.2) is 15.0 Å². The van der Waals surface area contributed by atoms with Gasteiger partial charge in [0.05, 0.1) is 6.33 Å². The summed E-state index contributed by atoms with van der Waals surface area (Å²) < 4.78 is 1.22. The molecule has 0 saturated carbocycles. The Morgan fingerprint density at radius 2 is 2.17 bits per heavy atom. The van der Waals surface area contributed by atoms with Crippen molar-refractivity contribution in [3.63, 3.8) is 0 Å². The lowest BCUT2D eigenvalue weighted by molar-refractivity contribution is 1.09. The molecule has 3 rings (SSSR count). The Balaban J connectivity index is 1.83. The van der Waals surface area contributed by atoms with Crippen LogP contribution < -0.4 is 5.32 Å². The van der Waals surface area contributed by atoms with Crippen molar-refractivity contribution < 1.29 is 0 Å². The van der Waals surface area contributed by atoms with Gasteiger partial charge in [0.1, 0.15) is 11.8 Å². The number of nitrogens with one attached hydrogen (secondary N) is 2. The van der Waals surface area contributed by atoms with E-state index in [1.165, 1.54) is 15.5 Å². The number of nitrogens with zero attached hydrogens (tertiary/aromatic N) is 3. The molecular weight excluding hydrogens is 341 g/mol. The number of hydrogen-bond donors (Lipinski definition) is 2. The van der Waals surface area contributed by atoms with Gasteiger partial charge in [0.15, 0.2) is 11.5 Å². The maximum Gasteiger partial charge on any atom is 0.182 e. The van der Waals surface area contributed by atoms with E-state index in [9.17, 15) is 0 Å². The third kappa shape index (κ3) is 2.28. The number of aromatic amines is 1. The zero-order valence-corrected chi connectivity index (χ0v) is 11.5. The molecule has 0 radical (unpaired) electrons. The molecule has 0 spiro atoms. The first-order valence-electron chi connectivity index (χ1n) is 5.45. The first kappa shape index (κ1) is 11.4. The molecule has 2 heterocycles. The van der Waals surface area contributed by atoms with Crippen molar-refractivity contribution in [3.05, 3.63) is 46.1 Å². The molecule has 5 nitrogen and oxygen atoms in total. The molecular formula is C12H10IN5. The van der Waals surface area contributed by atoms with Crippen molar-refractivity contribution >= 4 is 39.6 Å². The predicted molar refractivity (Wildman–Crippen MR) is 78.2 cm³/mol. The minimum atomic E-state index is 0.676. The zero-order valence-electron chi connectivity index (χ0n) is 9.39. The summed E-state index contributed by atoms with van der Waals surface area (Å²) in [5, 5.41) is 3.29. The van der Waals surface area contributed by atoms with Gasteiger partial charge in [0.25, 0.3) is 0 Å². The van der Waals surface area contributed by atoms with Crippen LogP contribution in [0.25, 0.3) is 11.2 Å². The highest BCUT2D eigenvalue weighted by Crippen LogP contribution is 2.16. The Morgan fingerprint density at radius 1 is 1.22 bits per heavy atom. The smallest absolute Gasteiger partial charge is 0.182 e. The molecule has 2 aromatic heterocycles. The lowest BCUT2D eigenvalue weighted by Crippen LogP contribution is -2.02. The molecule has 18 heavy (non-hydrogen) atoms. The summed E-state index contributed by atoms with van der Waals surface area (Å²) in [5.41, 5.74) is 2.73. The molecule has 0 unspecified atom stereocenters. The van der Waals surface area contributed by atoms with Crippen LogP contribution in [0, 0.1) is 3.57 Å². The fourth-order valence-electron chi connectivity index (χ4n) is 1.73. The van der Waals surface area contributed by atoms with Gasteiger partial charge in [0, 0.05) is 10.1 Å². The molecule has 0 aliphatic carbocycles. The van der Waals surface area contributed by atoms with Crippen LogP contribution >= 0.6 is 22.6 Å². The van der Waals surface area contributed by atoms with E-state index in [1.54, 1.807) is 6.33 Å². The summed E-state index contributed by atoms with van der Waals surface area (Å²) in [6, 6.07) is 8.34. The molecule has 0 aliphatic rings. The van der Waals surface area contributed by atoms with Crippen molar-refractivity contribution in [2.75, 3.05) is 5.32 Å². The Labute approximate surface area is 117 Å². The second kappa shape index (κ2) is 4.89. The van der Waals surface area contributed by atoms with Crippen LogP contribution in [0.2, 0.25) is 0 Å². The molecule has 2 N–H and O–H groups in total. The van der Waals surface area contributed by atoms with Crippen molar-refractivity contribution in [2.24, 2.45) is 0 Å². The lowest BCUT2D eigenvalue weighted by atomic mass is 10.2. The van der Waals surface area contributed by atoms with Crippen LogP contribution in [0.15, 0.2) is 36.9 Å². The van der Waals surface area contributed by atoms with E-state index in [-0.39, 0.29) is 0 Å². The molecule has 1 aromatic carbocycles. The number of rotatable bonds is 3. The monoisotopic (exact) mass is 351 g/mol. The van der Waals surface area contributed by atoms with Crippen LogP contribution in [-0.2, 0) is 6.54 Å². The molecule has 3 aromatic rings. The van der Waals surface area contributed by atoms with E-state index in [4.69, 9.17) is 0 Å². The average molecular weight is 351 g/mol. The maximum atomic E-state index is 4.22. The molecule has 0 atom stereocenters. The van der Waals surface area contributed by atoms with Crippen LogP contribution in [0.5, 0.6) is 0 Å². The molecule has 0 saturated heterocycles. The molecule has 0 bridgehead atoms. The number of hydrogen-bond acceptors (Lipinski definition) is 4. The van der Waals surface area contributed by atoms with Gasteiger partial charge in [-0.1, -0.05) is 12.1 Å². The summed E-state index contributed by atoms with van der Waals surface area (Å²) >= 11 is 2.30. The summed E-state index contributed by atoms with van der Waals surface area (Å²) in [7, 11) is 0. The van der Waals surface area contributed by atoms with Crippen LogP contribution in [0.4, 0.5) is 5.82 Å². The first-order chi connectivity index (χ1) is 8.83. The Kier molecular flexibility index (Phi) is 3.09. The van der Waals surface area contributed by atoms with E-state index in [2.05, 4.69) is 66.0 Å². The van der Waals surface area contributed by atoms with Crippen LogP contribution in [0.3, 0.4) is 0 Å². The van der Waals surface area contributed by atoms with Gasteiger partial charge in [-0.3, -0.25) is 0 Å². The molecule has 0 aliphatic heterocycles. The molecule has 6 heteroatoms. The Morgan fingerprint density at radius 3 is 3.06 bits per heavy atom. The van der Waals surface area contributed by atoms with Crippen molar-refractivity contribution in [1.82, 2.24) is 19.9 Å². The average Bonchev–Trinajstić information content (AvgIpc) is 2.85. The third-order valence-electron chi connectivity index (χ3n) is 2.57. The molecule has 90 valence electrons. The zero-order chi connectivity index (χ0) is 12.4. The lowest BCUT2D eigenvalue weighted by Gasteiger charge is -2.06. The minimum Gasteiger partial charge on any atom is -0.364 e. The number of H-pyrrole nitrogens is 1. The van der Waals surface area contributed by atoms with Gasteiger partial charge >= 0.3 is 0 Å². The Bertz CT molecular complexity index is 679. The van der Waals surface area contributed by atoms with Crippen molar-refractivity contribution in [2.45, 2.75) is 6.54 Å². The van der Waals surface area contributed by atoms with Crippen LogP contribution in [-0.4, -0.2) is 19.9 Å². The van der Waals surface area contributed by atoms with Gasteiger partial charge in [-0.05, 0) is 40.3 Å². The van der Waals surface area contributed by atoms with Gasteiger partial charge in [-0.15, -0.1) is 0 Å². The molecule has 0 amide bonds. The standard InChI is InChI=1S/C12H10IN5/c13-9-3-1-2-8(4-9)5-14-11-10-12(16-6-15-10)18-7-17-11/h1-4,6-7H,5H2,(H2,14,15,16,17,18). The van der Waals surface area contributed by atoms with E-state index in [0.29, 0.717) is 5.65 Å². The van der Waals surface area contributed by atoms with E-state index in [0.717, 1.165) is 17.9 Å². The topological polar surface area (TPSA) is 66.5 Å². The minimum absolute atomic E-state index is 0.676. The number of fused-ring (bicyclic) bond motifs is 1. The largest absolute Gasteiger partial charge is 0.364 e. The normalized spacial score (nSPS) is 10.7. The highest BCUT2D eigenvalue weighted by Gasteiger charge is 2.04. The second-order valence-electron chi connectivity index (χ2n) is 3.81. The number of benzene rings is 1. The number of halogens is 1. The van der Waals surface area contributed by atoms with Gasteiger partial charge in [-0.2, -0.15) is 0 Å². The molecule has 0 fully saturated rings. The number of anilines is 1. The fourth-order valence-corrected chi connectivity index (χ4v) is 2.34. The number of aromatic nitrogens is 4. The summed E-state index contributed by atoms with van der Waals surface area (Å²) in [4.78, 5) is 15.4. The number of imidazole rings is 1. The second-order valence-corrected chi connectivity index (χ2v) is 5.05. The summed E-state index contributed by atoms with van der Waals surface area (Å²) in [6.07, 6.45) is 3.14. The predicted octanol–water partition coefficient (Wildman–Crippen LogP) is 2.57. The van der Waals surface area contributed by atoms with E-state index in [1.807, 2.05) is 6.07 Å². The quantitative estimate of drug-likeness (QED) is 0.712. The summed E-state index contributed by atoms with van der Waals surface area (Å²) in [5.74, 6) is 0.774. The Hall–Kier alpha value is -1.70. The van der Waals surface area contributed by atoms with Gasteiger partial charge < -0.3 is 10.3 Å². The third-order valence-corrected chi connectivity index (χ3v) is 3.24. The highest BCUT2D eigenvalue weighted by atomic mass is 127. The van der Waals surface area contributed by atoms with Gasteiger partial charge in [0.2, 0.25) is 0 Å². The fraction of sp³-hybridized carbons (Fsp3) is 0.0833. The van der Waals surface area contributed by atoms with Crippen LogP contribution in [0.1, 0.15) is 5.56 Å². The maximum absolute atomic E-state index is 4.22. The first-order valence-corrected chi connectivity index (χ1v) is 6.53.